The van der Waals surface area contributed by atoms with Gasteiger partial charge >= 0.3 is 0 Å². The number of nitrogens with one attached hydrogen (secondary N) is 2. The first-order valence-corrected chi connectivity index (χ1v) is 12.0. The van der Waals surface area contributed by atoms with Gasteiger partial charge in [0.25, 0.3) is 0 Å². The molecule has 0 aliphatic carbocycles. The Morgan fingerprint density at radius 2 is 1.88 bits per heavy atom. The summed E-state index contributed by atoms with van der Waals surface area (Å²) in [7, 11) is 0. The van der Waals surface area contributed by atoms with E-state index in [4.69, 9.17) is 0 Å². The fourth-order valence-electron chi connectivity index (χ4n) is 4.98. The number of H-pyrrole nitrogens is 1. The topological polar surface area (TPSA) is 48.0 Å². The number of rotatable bonds is 1. The molecule has 1 aliphatic heterocycles. The molecule has 162 valence electrons. The predicted molar refractivity (Wildman–Crippen MR) is 136 cm³/mol. The van der Waals surface area contributed by atoms with Gasteiger partial charge in [-0.2, -0.15) is 11.3 Å². The van der Waals surface area contributed by atoms with E-state index in [0.29, 0.717) is 0 Å². The zero-order valence-electron chi connectivity index (χ0n) is 19.1. The highest BCUT2D eigenvalue weighted by atomic mass is 32.1. The SMILES string of the molecule is Cc1cc(-c2cccc3c(C)c[nH]c23)c(C#Cc2ccsc2)c2c1NC(C)(C)C(O)C2C. The first kappa shape index (κ1) is 20.9. The summed E-state index contributed by atoms with van der Waals surface area (Å²) in [5.41, 5.74) is 9.58. The third-order valence-corrected chi connectivity index (χ3v) is 7.43. The van der Waals surface area contributed by atoms with Gasteiger partial charge in [-0.15, -0.1) is 0 Å². The number of aliphatic hydroxyl groups is 1. The quantitative estimate of drug-likeness (QED) is 0.293. The maximum Gasteiger partial charge on any atom is 0.0831 e. The fraction of sp³-hybridized carbons (Fsp3) is 0.286. The molecule has 0 bridgehead atoms. The number of benzene rings is 2. The molecular weight excluding hydrogens is 412 g/mol. The third kappa shape index (κ3) is 3.24. The van der Waals surface area contributed by atoms with Gasteiger partial charge in [0.1, 0.15) is 0 Å². The number of aryl methyl sites for hydroxylation is 2. The van der Waals surface area contributed by atoms with Crippen molar-refractivity contribution >= 4 is 27.9 Å². The van der Waals surface area contributed by atoms with E-state index in [1.54, 1.807) is 11.3 Å². The van der Waals surface area contributed by atoms with Gasteiger partial charge in [0.2, 0.25) is 0 Å². The minimum absolute atomic E-state index is 0.0451. The van der Waals surface area contributed by atoms with Crippen LogP contribution in [0.15, 0.2) is 47.3 Å². The standard InChI is InChI=1S/C28H28N2OS/c1-16-13-23(22-8-6-7-20-17(2)14-29-26(20)22)21(10-9-19-11-12-32-15-19)24-18(3)27(31)28(4,5)30-25(16)24/h6-8,11-15,18,27,29-31H,1-5H3. The number of aromatic amines is 1. The van der Waals surface area contributed by atoms with Crippen LogP contribution in [0.2, 0.25) is 0 Å². The third-order valence-electron chi connectivity index (χ3n) is 6.74. The van der Waals surface area contributed by atoms with E-state index in [1.165, 1.54) is 16.5 Å². The lowest BCUT2D eigenvalue weighted by Crippen LogP contribution is -2.50. The first-order valence-electron chi connectivity index (χ1n) is 11.0. The van der Waals surface area contributed by atoms with Gasteiger partial charge in [0.05, 0.1) is 17.2 Å². The number of para-hydroxylation sites is 1. The molecule has 2 aromatic heterocycles. The number of hydrogen-bond acceptors (Lipinski definition) is 3. The Labute approximate surface area is 193 Å². The summed E-state index contributed by atoms with van der Waals surface area (Å²) < 4.78 is 0. The largest absolute Gasteiger partial charge is 0.390 e. The number of hydrogen-bond donors (Lipinski definition) is 3. The molecule has 0 amide bonds. The first-order chi connectivity index (χ1) is 15.3. The molecule has 0 spiro atoms. The molecule has 3 nitrogen and oxygen atoms in total. The van der Waals surface area contributed by atoms with Gasteiger partial charge in [-0.1, -0.05) is 37.0 Å². The molecule has 3 heterocycles. The summed E-state index contributed by atoms with van der Waals surface area (Å²) in [5.74, 6) is 6.84. The van der Waals surface area contributed by atoms with Crippen molar-refractivity contribution in [2.24, 2.45) is 0 Å². The number of aromatic nitrogens is 1. The lowest BCUT2D eigenvalue weighted by molar-refractivity contribution is 0.0868. The number of fused-ring (bicyclic) bond motifs is 2. The van der Waals surface area contributed by atoms with Crippen molar-refractivity contribution < 1.29 is 5.11 Å². The second-order valence-electron chi connectivity index (χ2n) is 9.45. The average molecular weight is 441 g/mol. The van der Waals surface area contributed by atoms with Gasteiger partial charge in [-0.05, 0) is 61.9 Å². The molecule has 5 rings (SSSR count). The molecule has 32 heavy (non-hydrogen) atoms. The highest BCUT2D eigenvalue weighted by molar-refractivity contribution is 7.08. The summed E-state index contributed by atoms with van der Waals surface area (Å²) in [5, 5.41) is 20.1. The van der Waals surface area contributed by atoms with E-state index >= 15 is 0 Å². The minimum atomic E-state index is -0.519. The molecule has 4 aromatic rings. The van der Waals surface area contributed by atoms with Crippen molar-refractivity contribution in [3.8, 4) is 23.0 Å². The molecule has 0 saturated carbocycles. The molecule has 2 unspecified atom stereocenters. The molecule has 0 saturated heterocycles. The minimum Gasteiger partial charge on any atom is -0.390 e. The van der Waals surface area contributed by atoms with Gasteiger partial charge in [-0.3, -0.25) is 0 Å². The highest BCUT2D eigenvalue weighted by Crippen LogP contribution is 2.46. The van der Waals surface area contributed by atoms with Crippen LogP contribution in [0, 0.1) is 25.7 Å². The van der Waals surface area contributed by atoms with Crippen LogP contribution in [0.4, 0.5) is 5.69 Å². The fourth-order valence-corrected chi connectivity index (χ4v) is 5.57. The Morgan fingerprint density at radius 3 is 2.62 bits per heavy atom. The number of thiophene rings is 1. The van der Waals surface area contributed by atoms with Crippen molar-refractivity contribution in [1.29, 1.82) is 0 Å². The summed E-state index contributed by atoms with van der Waals surface area (Å²) >= 11 is 1.65. The second kappa shape index (κ2) is 7.55. The van der Waals surface area contributed by atoms with Gasteiger partial charge < -0.3 is 15.4 Å². The van der Waals surface area contributed by atoms with Crippen LogP contribution in [0.5, 0.6) is 0 Å². The highest BCUT2D eigenvalue weighted by Gasteiger charge is 2.40. The van der Waals surface area contributed by atoms with E-state index < -0.39 is 11.6 Å². The molecule has 2 atom stereocenters. The van der Waals surface area contributed by atoms with Crippen molar-refractivity contribution in [1.82, 2.24) is 4.98 Å². The van der Waals surface area contributed by atoms with Crippen molar-refractivity contribution in [3.05, 3.63) is 75.1 Å². The molecule has 2 aromatic carbocycles. The van der Waals surface area contributed by atoms with Crippen LogP contribution in [0.1, 0.15) is 54.5 Å². The van der Waals surface area contributed by atoms with Crippen molar-refractivity contribution in [2.75, 3.05) is 5.32 Å². The Hall–Kier alpha value is -3.00. The van der Waals surface area contributed by atoms with Crippen LogP contribution in [0.25, 0.3) is 22.0 Å². The monoisotopic (exact) mass is 440 g/mol. The second-order valence-corrected chi connectivity index (χ2v) is 10.2. The summed E-state index contributed by atoms with van der Waals surface area (Å²) in [6.45, 7) is 10.5. The molecule has 1 aliphatic rings. The van der Waals surface area contributed by atoms with E-state index in [2.05, 4.69) is 98.0 Å². The normalized spacial score (nSPS) is 19.2. The Morgan fingerprint density at radius 1 is 1.06 bits per heavy atom. The Kier molecular flexibility index (Phi) is 4.93. The van der Waals surface area contributed by atoms with Gasteiger partial charge in [-0.25, -0.2) is 0 Å². The van der Waals surface area contributed by atoms with Crippen LogP contribution in [-0.2, 0) is 0 Å². The van der Waals surface area contributed by atoms with E-state index in [9.17, 15) is 5.11 Å². The lowest BCUT2D eigenvalue weighted by Gasteiger charge is -2.43. The molecule has 0 radical (unpaired) electrons. The van der Waals surface area contributed by atoms with Crippen molar-refractivity contribution in [2.45, 2.75) is 52.2 Å². The summed E-state index contributed by atoms with van der Waals surface area (Å²) in [6.07, 6.45) is 1.54. The molecular formula is C28H28N2OS. The van der Waals surface area contributed by atoms with E-state index in [-0.39, 0.29) is 5.92 Å². The lowest BCUT2D eigenvalue weighted by atomic mass is 9.75. The number of aliphatic hydroxyl groups excluding tert-OH is 1. The van der Waals surface area contributed by atoms with Crippen LogP contribution in [-0.4, -0.2) is 21.7 Å². The van der Waals surface area contributed by atoms with Gasteiger partial charge in [0, 0.05) is 50.8 Å². The molecule has 4 heteroatoms. The average Bonchev–Trinajstić information content (AvgIpc) is 3.42. The Bertz CT molecular complexity index is 1380. The Balaban J connectivity index is 1.84. The van der Waals surface area contributed by atoms with Crippen LogP contribution in [0.3, 0.4) is 0 Å². The molecule has 3 N–H and O–H groups in total. The summed E-state index contributed by atoms with van der Waals surface area (Å²) in [4.78, 5) is 3.47. The van der Waals surface area contributed by atoms with E-state index in [1.807, 2.05) is 6.07 Å². The zero-order chi connectivity index (χ0) is 22.6. The van der Waals surface area contributed by atoms with Gasteiger partial charge in [0.15, 0.2) is 0 Å². The molecule has 0 fully saturated rings. The van der Waals surface area contributed by atoms with Crippen LogP contribution < -0.4 is 5.32 Å². The van der Waals surface area contributed by atoms with Crippen molar-refractivity contribution in [3.63, 3.8) is 0 Å². The maximum absolute atomic E-state index is 11.1. The number of anilines is 1. The maximum atomic E-state index is 11.1. The smallest absolute Gasteiger partial charge is 0.0831 e. The zero-order valence-corrected chi connectivity index (χ0v) is 19.9. The summed E-state index contributed by atoms with van der Waals surface area (Å²) in [6, 6.07) is 10.7. The predicted octanol–water partition coefficient (Wildman–Crippen LogP) is 6.58. The van der Waals surface area contributed by atoms with E-state index in [0.717, 1.165) is 39.0 Å². The van der Waals surface area contributed by atoms with Crippen LogP contribution >= 0.6 is 11.3 Å².